The molecule has 2 rings (SSSR count). The van der Waals surface area contributed by atoms with Crippen molar-refractivity contribution in [3.05, 3.63) is 50.6 Å². The number of likely N-dealkylation sites (N-methyl/N-ethyl adjacent to an activating group) is 1. The molecule has 0 saturated carbocycles. The zero-order valence-corrected chi connectivity index (χ0v) is 16.6. The molecule has 1 aromatic heterocycles. The van der Waals surface area contributed by atoms with Crippen LogP contribution in [0.1, 0.15) is 35.1 Å². The molecule has 4 nitrogen and oxygen atoms in total. The van der Waals surface area contributed by atoms with Crippen molar-refractivity contribution in [2.45, 2.75) is 19.9 Å². The van der Waals surface area contributed by atoms with Crippen LogP contribution in [0.3, 0.4) is 0 Å². The predicted molar refractivity (Wildman–Crippen MR) is 103 cm³/mol. The molecule has 1 N–H and O–H groups in total. The smallest absolute Gasteiger partial charge is 0.261 e. The maximum Gasteiger partial charge on any atom is 0.261 e. The van der Waals surface area contributed by atoms with E-state index in [9.17, 15) is 4.79 Å². The third-order valence-electron chi connectivity index (χ3n) is 3.98. The van der Waals surface area contributed by atoms with Crippen LogP contribution < -0.4 is 10.1 Å². The number of rotatable bonds is 8. The molecular formula is C18H23BrN2O2S. The molecule has 130 valence electrons. The number of amides is 1. The zero-order valence-electron chi connectivity index (χ0n) is 14.2. The van der Waals surface area contributed by atoms with Gasteiger partial charge in [0.1, 0.15) is 5.75 Å². The van der Waals surface area contributed by atoms with Crippen LogP contribution in [-0.2, 0) is 0 Å². The minimum Gasteiger partial charge on any atom is -0.497 e. The van der Waals surface area contributed by atoms with E-state index in [1.54, 1.807) is 7.11 Å². The molecule has 0 bridgehead atoms. The van der Waals surface area contributed by atoms with Crippen molar-refractivity contribution in [2.75, 3.05) is 26.7 Å². The lowest BCUT2D eigenvalue weighted by molar-refractivity contribution is 0.0939. The van der Waals surface area contributed by atoms with Gasteiger partial charge in [-0.3, -0.25) is 9.69 Å². The lowest BCUT2D eigenvalue weighted by atomic mass is 10.0. The fraction of sp³-hybridized carbons (Fsp3) is 0.389. The van der Waals surface area contributed by atoms with Gasteiger partial charge in [-0.25, -0.2) is 0 Å². The van der Waals surface area contributed by atoms with Crippen molar-refractivity contribution in [1.29, 1.82) is 0 Å². The Balaban J connectivity index is 2.15. The first-order valence-electron chi connectivity index (χ1n) is 8.00. The number of methoxy groups -OCH3 is 1. The van der Waals surface area contributed by atoms with E-state index >= 15 is 0 Å². The largest absolute Gasteiger partial charge is 0.497 e. The van der Waals surface area contributed by atoms with E-state index in [1.165, 1.54) is 11.3 Å². The van der Waals surface area contributed by atoms with E-state index in [2.05, 4.69) is 46.1 Å². The summed E-state index contributed by atoms with van der Waals surface area (Å²) in [6, 6.07) is 11.9. The number of benzene rings is 1. The molecule has 0 aliphatic rings. The third kappa shape index (κ3) is 4.82. The highest BCUT2D eigenvalue weighted by molar-refractivity contribution is 9.11. The van der Waals surface area contributed by atoms with Gasteiger partial charge in [-0.05, 0) is 58.8 Å². The van der Waals surface area contributed by atoms with Crippen molar-refractivity contribution in [2.24, 2.45) is 0 Å². The minimum atomic E-state index is -0.0363. The highest BCUT2D eigenvalue weighted by atomic mass is 79.9. The number of thiophene rings is 1. The van der Waals surface area contributed by atoms with Gasteiger partial charge in [0.05, 0.1) is 21.8 Å². The van der Waals surface area contributed by atoms with Crippen molar-refractivity contribution >= 4 is 33.2 Å². The van der Waals surface area contributed by atoms with E-state index in [1.807, 2.05) is 30.3 Å². The lowest BCUT2D eigenvalue weighted by Crippen LogP contribution is -2.37. The van der Waals surface area contributed by atoms with Crippen molar-refractivity contribution in [3.8, 4) is 5.75 Å². The van der Waals surface area contributed by atoms with Gasteiger partial charge in [0.15, 0.2) is 0 Å². The Morgan fingerprint density at radius 3 is 2.62 bits per heavy atom. The summed E-state index contributed by atoms with van der Waals surface area (Å²) in [6.45, 7) is 6.66. The molecule has 24 heavy (non-hydrogen) atoms. The van der Waals surface area contributed by atoms with Crippen molar-refractivity contribution < 1.29 is 9.53 Å². The number of halogens is 1. The van der Waals surface area contributed by atoms with Crippen LogP contribution in [0.4, 0.5) is 0 Å². The van der Waals surface area contributed by atoms with Gasteiger partial charge < -0.3 is 10.1 Å². The average Bonchev–Trinajstić information content (AvgIpc) is 3.05. The topological polar surface area (TPSA) is 41.6 Å². The lowest BCUT2D eigenvalue weighted by Gasteiger charge is -2.30. The Bertz CT molecular complexity index is 671. The second-order valence-electron chi connectivity index (χ2n) is 5.33. The first-order chi connectivity index (χ1) is 11.6. The molecule has 2 aromatic rings. The molecule has 1 aromatic carbocycles. The normalized spacial score (nSPS) is 12.2. The van der Waals surface area contributed by atoms with Crippen LogP contribution >= 0.6 is 27.3 Å². The number of nitrogens with one attached hydrogen (secondary N) is 1. The molecule has 1 amide bonds. The number of nitrogens with zero attached hydrogens (tertiary/aromatic N) is 1. The Kier molecular flexibility index (Phi) is 7.27. The van der Waals surface area contributed by atoms with Gasteiger partial charge in [0.2, 0.25) is 0 Å². The van der Waals surface area contributed by atoms with Gasteiger partial charge in [-0.15, -0.1) is 11.3 Å². The molecule has 0 aliphatic carbocycles. The highest BCUT2D eigenvalue weighted by Crippen LogP contribution is 2.25. The second-order valence-corrected chi connectivity index (χ2v) is 7.79. The van der Waals surface area contributed by atoms with E-state index in [0.717, 1.165) is 28.2 Å². The van der Waals surface area contributed by atoms with Crippen LogP contribution in [0.5, 0.6) is 5.75 Å². The van der Waals surface area contributed by atoms with Crippen LogP contribution in [0.2, 0.25) is 0 Å². The standard InChI is InChI=1S/C18H23BrN2O2S/c1-4-21(5-2)15(13-7-6-8-14(11-13)23-3)12-20-18(22)16-9-10-17(19)24-16/h6-11,15H,4-5,12H2,1-3H3,(H,20,22). The SMILES string of the molecule is CCN(CC)C(CNC(=O)c1ccc(Br)s1)c1cccc(OC)c1. The minimum absolute atomic E-state index is 0.0363. The van der Waals surface area contributed by atoms with Crippen LogP contribution in [-0.4, -0.2) is 37.6 Å². The van der Waals surface area contributed by atoms with Gasteiger partial charge in [-0.1, -0.05) is 26.0 Å². The summed E-state index contributed by atoms with van der Waals surface area (Å²) < 4.78 is 6.30. The maximum absolute atomic E-state index is 12.4. The van der Waals surface area contributed by atoms with E-state index in [0.29, 0.717) is 11.4 Å². The molecule has 1 unspecified atom stereocenters. The quantitative estimate of drug-likeness (QED) is 0.703. The first kappa shape index (κ1) is 19.0. The summed E-state index contributed by atoms with van der Waals surface area (Å²) in [7, 11) is 1.67. The molecule has 0 saturated heterocycles. The summed E-state index contributed by atoms with van der Waals surface area (Å²) in [4.78, 5) is 15.4. The fourth-order valence-corrected chi connectivity index (χ4v) is 3.99. The summed E-state index contributed by atoms with van der Waals surface area (Å²) in [6.07, 6.45) is 0. The molecule has 1 heterocycles. The molecule has 1 atom stereocenters. The average molecular weight is 411 g/mol. The van der Waals surface area contributed by atoms with Crippen LogP contribution in [0, 0.1) is 0 Å². The summed E-state index contributed by atoms with van der Waals surface area (Å²) in [5.41, 5.74) is 1.14. The van der Waals surface area contributed by atoms with Gasteiger partial charge >= 0.3 is 0 Å². The number of carbonyl (C=O) groups is 1. The van der Waals surface area contributed by atoms with Gasteiger partial charge in [-0.2, -0.15) is 0 Å². The maximum atomic E-state index is 12.4. The zero-order chi connectivity index (χ0) is 17.5. The third-order valence-corrected chi connectivity index (χ3v) is 5.61. The Labute approximate surface area is 156 Å². The van der Waals surface area contributed by atoms with Crippen LogP contribution in [0.15, 0.2) is 40.2 Å². The molecular weight excluding hydrogens is 388 g/mol. The van der Waals surface area contributed by atoms with Crippen molar-refractivity contribution in [3.63, 3.8) is 0 Å². The fourth-order valence-electron chi connectivity index (χ4n) is 2.68. The highest BCUT2D eigenvalue weighted by Gasteiger charge is 2.20. The van der Waals surface area contributed by atoms with Crippen molar-refractivity contribution in [1.82, 2.24) is 10.2 Å². The summed E-state index contributed by atoms with van der Waals surface area (Å²) in [5, 5.41) is 3.07. The van der Waals surface area contributed by atoms with E-state index in [4.69, 9.17) is 4.74 Å². The summed E-state index contributed by atoms with van der Waals surface area (Å²) in [5.74, 6) is 0.795. The number of carbonyl (C=O) groups excluding carboxylic acids is 1. The number of ether oxygens (including phenoxy) is 1. The molecule has 0 aliphatic heterocycles. The molecule has 0 radical (unpaired) electrons. The Morgan fingerprint density at radius 1 is 1.29 bits per heavy atom. The molecule has 6 heteroatoms. The van der Waals surface area contributed by atoms with E-state index < -0.39 is 0 Å². The Morgan fingerprint density at radius 2 is 2.04 bits per heavy atom. The van der Waals surface area contributed by atoms with E-state index in [-0.39, 0.29) is 11.9 Å². The Hall–Kier alpha value is -1.37. The monoisotopic (exact) mass is 410 g/mol. The number of hydrogen-bond acceptors (Lipinski definition) is 4. The van der Waals surface area contributed by atoms with Crippen LogP contribution in [0.25, 0.3) is 0 Å². The second kappa shape index (κ2) is 9.20. The molecule has 0 fully saturated rings. The van der Waals surface area contributed by atoms with Gasteiger partial charge in [0.25, 0.3) is 5.91 Å². The summed E-state index contributed by atoms with van der Waals surface area (Å²) >= 11 is 4.84. The predicted octanol–water partition coefficient (Wildman–Crippen LogP) is 4.33. The first-order valence-corrected chi connectivity index (χ1v) is 9.61. The molecule has 0 spiro atoms. The number of hydrogen-bond donors (Lipinski definition) is 1. The van der Waals surface area contributed by atoms with Gasteiger partial charge in [0, 0.05) is 6.54 Å².